The quantitative estimate of drug-likeness (QED) is 0.311. The lowest BCUT2D eigenvalue weighted by molar-refractivity contribution is -0.142. The molecule has 192 valence electrons. The van der Waals surface area contributed by atoms with Gasteiger partial charge in [0.05, 0.1) is 12.7 Å². The Morgan fingerprint density at radius 3 is 2.12 bits per heavy atom. The number of halogens is 3. The second-order valence-corrected chi connectivity index (χ2v) is 11.4. The van der Waals surface area contributed by atoms with Gasteiger partial charge in [0.2, 0.25) is 0 Å². The Balaban J connectivity index is 0.000000852. The third kappa shape index (κ3) is 11.4. The number of alkyl halides is 3. The molecule has 6 heteroatoms. The maximum Gasteiger partial charge on any atom is 0.416 e. The first-order valence-electron chi connectivity index (χ1n) is 12.0. The highest BCUT2D eigenvalue weighted by Gasteiger charge is 2.33. The summed E-state index contributed by atoms with van der Waals surface area (Å²) < 4.78 is 43.5. The molecule has 2 unspecified atom stereocenters. The summed E-state index contributed by atoms with van der Waals surface area (Å²) in [5, 5.41) is 0. The second kappa shape index (κ2) is 12.6. The smallest absolute Gasteiger partial charge is 0.416 e. The summed E-state index contributed by atoms with van der Waals surface area (Å²) >= 11 is 0. The number of rotatable bonds is 6. The van der Waals surface area contributed by atoms with Crippen molar-refractivity contribution < 1.29 is 22.7 Å². The van der Waals surface area contributed by atoms with E-state index in [1.54, 1.807) is 12.1 Å². The number of carbonyl (C=O) groups is 1. The standard InChI is InChI=1S/C22H32F3NO2.C6H10/c1-21(2,3)11-5-12-26-13-10-16(15-20(27)28-4)14-19(26)17-6-8-18(9-7-17)22(23,24)25;1-5-6(2,3)4/h6-9,16,19H,5,10-15H2,1-4H3;1H,2-4H3. The Morgan fingerprint density at radius 1 is 1.12 bits per heavy atom. The van der Waals surface area contributed by atoms with E-state index in [2.05, 4.69) is 31.6 Å². The molecular weight excluding hydrogens is 439 g/mol. The first kappa shape index (κ1) is 30.0. The summed E-state index contributed by atoms with van der Waals surface area (Å²) in [6.07, 6.45) is 4.89. The van der Waals surface area contributed by atoms with Crippen molar-refractivity contribution in [2.24, 2.45) is 16.7 Å². The Labute approximate surface area is 204 Å². The van der Waals surface area contributed by atoms with Gasteiger partial charge in [-0.3, -0.25) is 9.69 Å². The molecule has 0 aromatic heterocycles. The fraction of sp³-hybridized carbons (Fsp3) is 0.679. The van der Waals surface area contributed by atoms with Gasteiger partial charge in [0.1, 0.15) is 0 Å². The van der Waals surface area contributed by atoms with E-state index in [0.717, 1.165) is 56.5 Å². The largest absolute Gasteiger partial charge is 0.469 e. The van der Waals surface area contributed by atoms with Crippen LogP contribution < -0.4 is 0 Å². The number of terminal acetylenes is 1. The van der Waals surface area contributed by atoms with Gasteiger partial charge in [0.15, 0.2) is 0 Å². The summed E-state index contributed by atoms with van der Waals surface area (Å²) in [5.74, 6) is 2.57. The van der Waals surface area contributed by atoms with Crippen LogP contribution in [0.2, 0.25) is 0 Å². The Morgan fingerprint density at radius 2 is 1.68 bits per heavy atom. The van der Waals surface area contributed by atoms with Crippen LogP contribution in [0.4, 0.5) is 13.2 Å². The highest BCUT2D eigenvalue weighted by Crippen LogP contribution is 2.38. The summed E-state index contributed by atoms with van der Waals surface area (Å²) in [4.78, 5) is 14.0. The predicted octanol–water partition coefficient (Wildman–Crippen LogP) is 7.51. The summed E-state index contributed by atoms with van der Waals surface area (Å²) in [7, 11) is 1.39. The minimum Gasteiger partial charge on any atom is -0.469 e. The van der Waals surface area contributed by atoms with E-state index in [-0.39, 0.29) is 28.8 Å². The van der Waals surface area contributed by atoms with Crippen LogP contribution >= 0.6 is 0 Å². The van der Waals surface area contributed by atoms with E-state index in [1.165, 1.54) is 7.11 Å². The lowest BCUT2D eigenvalue weighted by Crippen LogP contribution is -2.38. The lowest BCUT2D eigenvalue weighted by atomic mass is 9.84. The molecule has 1 aromatic carbocycles. The summed E-state index contributed by atoms with van der Waals surface area (Å²) in [5.41, 5.74) is 0.586. The lowest BCUT2D eigenvalue weighted by Gasteiger charge is -2.40. The van der Waals surface area contributed by atoms with Crippen molar-refractivity contribution in [1.82, 2.24) is 4.90 Å². The van der Waals surface area contributed by atoms with E-state index in [9.17, 15) is 18.0 Å². The summed E-state index contributed by atoms with van der Waals surface area (Å²) in [6, 6.07) is 5.53. The molecule has 0 amide bonds. The maximum atomic E-state index is 12.9. The number of ether oxygens (including phenoxy) is 1. The van der Waals surface area contributed by atoms with Crippen molar-refractivity contribution in [1.29, 1.82) is 0 Å². The van der Waals surface area contributed by atoms with E-state index in [4.69, 9.17) is 11.2 Å². The number of methoxy groups -OCH3 is 1. The molecule has 3 nitrogen and oxygen atoms in total. The first-order chi connectivity index (χ1) is 15.6. The third-order valence-corrected chi connectivity index (χ3v) is 5.93. The molecule has 0 radical (unpaired) electrons. The predicted molar refractivity (Wildman–Crippen MR) is 132 cm³/mol. The number of piperidine rings is 1. The highest BCUT2D eigenvalue weighted by molar-refractivity contribution is 5.69. The average molecular weight is 482 g/mol. The maximum absolute atomic E-state index is 12.9. The number of esters is 1. The average Bonchev–Trinajstić information content (AvgIpc) is 2.73. The number of nitrogens with zero attached hydrogens (tertiary/aromatic N) is 1. The number of likely N-dealkylation sites (tertiary alicyclic amines) is 1. The van der Waals surface area contributed by atoms with E-state index < -0.39 is 11.7 Å². The SMILES string of the molecule is C#CC(C)(C)C.COC(=O)CC1CCN(CCCC(C)(C)C)C(c2ccc(C(F)(F)F)cc2)C1. The van der Waals surface area contributed by atoms with Gasteiger partial charge in [-0.05, 0) is 88.6 Å². The molecule has 0 bridgehead atoms. The summed E-state index contributed by atoms with van der Waals surface area (Å²) in [6.45, 7) is 14.4. The van der Waals surface area contributed by atoms with Gasteiger partial charge in [0, 0.05) is 17.9 Å². The van der Waals surface area contributed by atoms with Crippen molar-refractivity contribution in [3.05, 3.63) is 35.4 Å². The van der Waals surface area contributed by atoms with Crippen molar-refractivity contribution in [2.75, 3.05) is 20.2 Å². The van der Waals surface area contributed by atoms with E-state index >= 15 is 0 Å². The van der Waals surface area contributed by atoms with Gasteiger partial charge < -0.3 is 4.74 Å². The molecule has 1 fully saturated rings. The molecule has 2 atom stereocenters. The van der Waals surface area contributed by atoms with Crippen LogP contribution in [0.5, 0.6) is 0 Å². The molecule has 1 heterocycles. The van der Waals surface area contributed by atoms with Crippen molar-refractivity contribution in [3.8, 4) is 12.3 Å². The Bertz CT molecular complexity index is 795. The molecule has 1 aliphatic rings. The van der Waals surface area contributed by atoms with Crippen LogP contribution in [0.1, 0.15) is 90.8 Å². The van der Waals surface area contributed by atoms with Crippen LogP contribution in [0.3, 0.4) is 0 Å². The topological polar surface area (TPSA) is 29.5 Å². The third-order valence-electron chi connectivity index (χ3n) is 5.93. The Kier molecular flexibility index (Phi) is 11.2. The molecule has 0 N–H and O–H groups in total. The Hall–Kier alpha value is -2.00. The van der Waals surface area contributed by atoms with Crippen molar-refractivity contribution in [2.45, 2.75) is 85.9 Å². The second-order valence-electron chi connectivity index (χ2n) is 11.4. The number of carbonyl (C=O) groups excluding carboxylic acids is 1. The van der Waals surface area contributed by atoms with E-state index in [1.807, 2.05) is 20.8 Å². The zero-order chi connectivity index (χ0) is 26.2. The monoisotopic (exact) mass is 481 g/mol. The van der Waals surface area contributed by atoms with Crippen molar-refractivity contribution in [3.63, 3.8) is 0 Å². The molecule has 2 rings (SSSR count). The number of hydrogen-bond acceptors (Lipinski definition) is 3. The van der Waals surface area contributed by atoms with Crippen LogP contribution in [0.25, 0.3) is 0 Å². The zero-order valence-corrected chi connectivity index (χ0v) is 21.9. The van der Waals surface area contributed by atoms with Crippen LogP contribution in [-0.2, 0) is 15.7 Å². The van der Waals surface area contributed by atoms with Crippen LogP contribution in [0.15, 0.2) is 24.3 Å². The molecular formula is C28H42F3NO2. The highest BCUT2D eigenvalue weighted by atomic mass is 19.4. The van der Waals surface area contributed by atoms with Crippen LogP contribution in [-0.4, -0.2) is 31.1 Å². The minimum atomic E-state index is -4.33. The van der Waals surface area contributed by atoms with Gasteiger partial charge in [-0.25, -0.2) is 0 Å². The molecule has 1 saturated heterocycles. The van der Waals surface area contributed by atoms with Gasteiger partial charge >= 0.3 is 12.1 Å². The minimum absolute atomic E-state index is 0.0330. The fourth-order valence-electron chi connectivity index (χ4n) is 3.91. The molecule has 0 spiro atoms. The normalized spacial score (nSPS) is 19.6. The van der Waals surface area contributed by atoms with Crippen molar-refractivity contribution >= 4 is 5.97 Å². The van der Waals surface area contributed by atoms with E-state index in [0.29, 0.717) is 6.42 Å². The van der Waals surface area contributed by atoms with Gasteiger partial charge in [-0.1, -0.05) is 32.9 Å². The van der Waals surface area contributed by atoms with Crippen LogP contribution in [0, 0.1) is 29.1 Å². The molecule has 0 saturated carbocycles. The fourth-order valence-corrected chi connectivity index (χ4v) is 3.91. The molecule has 1 aromatic rings. The first-order valence-corrected chi connectivity index (χ1v) is 12.0. The van der Waals surface area contributed by atoms with Gasteiger partial charge in [-0.15, -0.1) is 12.3 Å². The molecule has 34 heavy (non-hydrogen) atoms. The van der Waals surface area contributed by atoms with Gasteiger partial charge in [-0.2, -0.15) is 13.2 Å². The zero-order valence-electron chi connectivity index (χ0n) is 21.9. The molecule has 0 aliphatic carbocycles. The van der Waals surface area contributed by atoms with Gasteiger partial charge in [0.25, 0.3) is 0 Å². The molecule has 1 aliphatic heterocycles. The number of benzene rings is 1. The number of hydrogen-bond donors (Lipinski definition) is 0.